The molecule has 0 aliphatic heterocycles. The van der Waals surface area contributed by atoms with Crippen molar-refractivity contribution < 1.29 is 8.78 Å². The van der Waals surface area contributed by atoms with Gasteiger partial charge in [-0.15, -0.1) is 0 Å². The highest BCUT2D eigenvalue weighted by molar-refractivity contribution is 7.99. The number of benzene rings is 1. The van der Waals surface area contributed by atoms with Crippen molar-refractivity contribution in [1.82, 2.24) is 5.32 Å². The molecule has 1 aliphatic carbocycles. The lowest BCUT2D eigenvalue weighted by Gasteiger charge is -2.28. The van der Waals surface area contributed by atoms with Crippen molar-refractivity contribution in [1.29, 1.82) is 5.26 Å². The number of nitrogens with zero attached hydrogens (tertiary/aromatic N) is 1. The number of hydrogen-bond donors (Lipinski definition) is 1. The highest BCUT2D eigenvalue weighted by atomic mass is 32.2. The summed E-state index contributed by atoms with van der Waals surface area (Å²) in [6.07, 6.45) is 6.52. The summed E-state index contributed by atoms with van der Waals surface area (Å²) in [6, 6.07) is 4.25. The monoisotopic (exact) mass is 296 g/mol. The standard InChI is InChI=1S/C15H18F2N2S/c1-20-12-4-2-11(3-5-12)19-9-13-14(16)6-10(8-18)7-15(13)17/h6-7,11-12,19H,2-5,9H2,1H3. The summed E-state index contributed by atoms with van der Waals surface area (Å²) >= 11 is 1.89. The summed E-state index contributed by atoms with van der Waals surface area (Å²) in [7, 11) is 0. The predicted molar refractivity (Wildman–Crippen MR) is 77.5 cm³/mol. The second kappa shape index (κ2) is 7.05. The molecule has 0 unspecified atom stereocenters. The summed E-state index contributed by atoms with van der Waals surface area (Å²) in [5, 5.41) is 12.6. The molecule has 5 heteroatoms. The Balaban J connectivity index is 1.93. The van der Waals surface area contributed by atoms with Crippen molar-refractivity contribution in [2.24, 2.45) is 0 Å². The zero-order valence-electron chi connectivity index (χ0n) is 11.5. The van der Waals surface area contributed by atoms with Gasteiger partial charge in [0.1, 0.15) is 11.6 Å². The summed E-state index contributed by atoms with van der Waals surface area (Å²) in [4.78, 5) is 0. The van der Waals surface area contributed by atoms with E-state index in [0.717, 1.165) is 43.1 Å². The fourth-order valence-electron chi connectivity index (χ4n) is 2.59. The van der Waals surface area contributed by atoms with Crippen molar-refractivity contribution >= 4 is 11.8 Å². The Labute approximate surface area is 122 Å². The second-order valence-corrected chi connectivity index (χ2v) is 6.26. The van der Waals surface area contributed by atoms with Gasteiger partial charge >= 0.3 is 0 Å². The molecule has 0 heterocycles. The second-order valence-electron chi connectivity index (χ2n) is 5.12. The minimum absolute atomic E-state index is 0.0178. The molecule has 2 rings (SSSR count). The van der Waals surface area contributed by atoms with E-state index in [-0.39, 0.29) is 17.7 Å². The SMILES string of the molecule is CSC1CCC(NCc2c(F)cc(C#N)cc2F)CC1. The van der Waals surface area contributed by atoms with Gasteiger partial charge in [0, 0.05) is 23.4 Å². The van der Waals surface area contributed by atoms with Crippen molar-refractivity contribution in [3.05, 3.63) is 34.9 Å². The molecule has 0 amide bonds. The molecule has 0 saturated heterocycles. The van der Waals surface area contributed by atoms with Gasteiger partial charge in [-0.3, -0.25) is 0 Å². The molecule has 1 N–H and O–H groups in total. The van der Waals surface area contributed by atoms with Gasteiger partial charge in [0.05, 0.1) is 11.6 Å². The Bertz CT molecular complexity index is 482. The molecule has 2 nitrogen and oxygen atoms in total. The maximum atomic E-state index is 13.7. The Hall–Kier alpha value is -1.12. The largest absolute Gasteiger partial charge is 0.310 e. The van der Waals surface area contributed by atoms with Crippen molar-refractivity contribution in [3.63, 3.8) is 0 Å². The molecule has 0 aromatic heterocycles. The fraction of sp³-hybridized carbons (Fsp3) is 0.533. The van der Waals surface area contributed by atoms with Crippen LogP contribution >= 0.6 is 11.8 Å². The van der Waals surface area contributed by atoms with E-state index >= 15 is 0 Å². The van der Waals surface area contributed by atoms with Crippen LogP contribution in [0.1, 0.15) is 36.8 Å². The van der Waals surface area contributed by atoms with Crippen LogP contribution in [-0.4, -0.2) is 17.5 Å². The Morgan fingerprint density at radius 2 is 1.85 bits per heavy atom. The summed E-state index contributed by atoms with van der Waals surface area (Å²) in [5.74, 6) is -1.29. The van der Waals surface area contributed by atoms with Crippen LogP contribution in [0.25, 0.3) is 0 Å². The summed E-state index contributed by atoms with van der Waals surface area (Å²) in [5.41, 5.74) is 0.0419. The van der Waals surface area contributed by atoms with Crippen LogP contribution < -0.4 is 5.32 Å². The number of thioether (sulfide) groups is 1. The van der Waals surface area contributed by atoms with Gasteiger partial charge in [-0.2, -0.15) is 17.0 Å². The van der Waals surface area contributed by atoms with E-state index in [0.29, 0.717) is 6.04 Å². The van der Waals surface area contributed by atoms with E-state index in [1.807, 2.05) is 11.8 Å². The topological polar surface area (TPSA) is 35.8 Å². The molecular formula is C15H18F2N2S. The van der Waals surface area contributed by atoms with Gasteiger partial charge in [-0.05, 0) is 44.1 Å². The highest BCUT2D eigenvalue weighted by Crippen LogP contribution is 2.27. The maximum absolute atomic E-state index is 13.7. The normalized spacial score (nSPS) is 22.5. The number of rotatable bonds is 4. The van der Waals surface area contributed by atoms with Crippen LogP contribution in [0.15, 0.2) is 12.1 Å². The molecule has 1 saturated carbocycles. The Morgan fingerprint density at radius 3 is 2.35 bits per heavy atom. The Kier molecular flexibility index (Phi) is 5.38. The molecule has 20 heavy (non-hydrogen) atoms. The van der Waals surface area contributed by atoms with Gasteiger partial charge in [0.25, 0.3) is 0 Å². The van der Waals surface area contributed by atoms with Crippen LogP contribution in [-0.2, 0) is 6.54 Å². The van der Waals surface area contributed by atoms with Gasteiger partial charge < -0.3 is 5.32 Å². The van der Waals surface area contributed by atoms with Gasteiger partial charge in [-0.25, -0.2) is 8.78 Å². The lowest BCUT2D eigenvalue weighted by Crippen LogP contribution is -2.33. The number of nitrogens with one attached hydrogen (secondary N) is 1. The van der Waals surface area contributed by atoms with Crippen molar-refractivity contribution in [2.75, 3.05) is 6.26 Å². The first-order valence-corrected chi connectivity index (χ1v) is 8.07. The van der Waals surface area contributed by atoms with Crippen LogP contribution in [0.5, 0.6) is 0 Å². The molecule has 0 bridgehead atoms. The third-order valence-electron chi connectivity index (χ3n) is 3.85. The molecule has 1 fully saturated rings. The first kappa shape index (κ1) is 15.3. The van der Waals surface area contributed by atoms with Crippen LogP contribution in [0, 0.1) is 23.0 Å². The van der Waals surface area contributed by atoms with E-state index < -0.39 is 11.6 Å². The minimum Gasteiger partial charge on any atom is -0.310 e. The number of nitriles is 1. The zero-order valence-corrected chi connectivity index (χ0v) is 12.3. The lowest BCUT2D eigenvalue weighted by atomic mass is 9.94. The zero-order chi connectivity index (χ0) is 14.5. The smallest absolute Gasteiger partial charge is 0.131 e. The summed E-state index contributed by atoms with van der Waals surface area (Å²) < 4.78 is 27.5. The quantitative estimate of drug-likeness (QED) is 0.922. The van der Waals surface area contributed by atoms with Crippen LogP contribution in [0.4, 0.5) is 8.78 Å². The first-order chi connectivity index (χ1) is 9.63. The third kappa shape index (κ3) is 3.71. The van der Waals surface area contributed by atoms with E-state index in [2.05, 4.69) is 11.6 Å². The molecule has 108 valence electrons. The Morgan fingerprint density at radius 1 is 1.25 bits per heavy atom. The highest BCUT2D eigenvalue weighted by Gasteiger charge is 2.21. The third-order valence-corrected chi connectivity index (χ3v) is 4.98. The average molecular weight is 296 g/mol. The van der Waals surface area contributed by atoms with E-state index in [4.69, 9.17) is 5.26 Å². The van der Waals surface area contributed by atoms with Crippen LogP contribution in [0.2, 0.25) is 0 Å². The van der Waals surface area contributed by atoms with E-state index in [9.17, 15) is 8.78 Å². The predicted octanol–water partition coefficient (Wildman–Crippen LogP) is 3.60. The maximum Gasteiger partial charge on any atom is 0.131 e. The lowest BCUT2D eigenvalue weighted by molar-refractivity contribution is 0.373. The molecule has 1 aromatic carbocycles. The molecule has 0 radical (unpaired) electrons. The van der Waals surface area contributed by atoms with Gasteiger partial charge in [0.15, 0.2) is 0 Å². The van der Waals surface area contributed by atoms with E-state index in [1.165, 1.54) is 0 Å². The molecule has 0 spiro atoms. The number of hydrogen-bond acceptors (Lipinski definition) is 3. The molecule has 0 atom stereocenters. The summed E-state index contributed by atoms with van der Waals surface area (Å²) in [6.45, 7) is 0.179. The van der Waals surface area contributed by atoms with E-state index in [1.54, 1.807) is 6.07 Å². The van der Waals surface area contributed by atoms with Crippen LogP contribution in [0.3, 0.4) is 0 Å². The average Bonchev–Trinajstić information content (AvgIpc) is 2.46. The minimum atomic E-state index is -0.646. The van der Waals surface area contributed by atoms with Gasteiger partial charge in [0.2, 0.25) is 0 Å². The molecule has 1 aromatic rings. The molecule has 1 aliphatic rings. The molecular weight excluding hydrogens is 278 g/mol. The number of halogens is 2. The van der Waals surface area contributed by atoms with Crippen molar-refractivity contribution in [3.8, 4) is 6.07 Å². The van der Waals surface area contributed by atoms with Gasteiger partial charge in [-0.1, -0.05) is 0 Å². The fourth-order valence-corrected chi connectivity index (χ4v) is 3.33. The first-order valence-electron chi connectivity index (χ1n) is 6.78. The van der Waals surface area contributed by atoms with Crippen molar-refractivity contribution in [2.45, 2.75) is 43.5 Å².